The van der Waals surface area contributed by atoms with Crippen molar-refractivity contribution in [2.45, 2.75) is 6.54 Å². The largest absolute Gasteiger partial charge is 0.496 e. The smallest absolute Gasteiger partial charge is 0.123 e. The van der Waals surface area contributed by atoms with Gasteiger partial charge in [-0.2, -0.15) is 0 Å². The third-order valence-corrected chi connectivity index (χ3v) is 2.11. The summed E-state index contributed by atoms with van der Waals surface area (Å²) < 4.78 is 18.2. The average Bonchev–Trinajstić information content (AvgIpc) is 2.18. The van der Waals surface area contributed by atoms with Crippen molar-refractivity contribution in [3.63, 3.8) is 0 Å². The lowest BCUT2D eigenvalue weighted by molar-refractivity contribution is 0.301. The molecule has 0 heterocycles. The van der Waals surface area contributed by atoms with Gasteiger partial charge in [-0.15, -0.1) is 0 Å². The number of hydrogen-bond acceptors (Lipinski definition) is 3. The summed E-state index contributed by atoms with van der Waals surface area (Å²) in [5.41, 5.74) is 0.857. The molecule has 0 spiro atoms. The SMILES string of the molecule is CNCN(C)Cc1cc(F)ccc1OC. The van der Waals surface area contributed by atoms with Gasteiger partial charge in [0.1, 0.15) is 11.6 Å². The van der Waals surface area contributed by atoms with E-state index in [2.05, 4.69) is 5.32 Å². The number of hydrogen-bond donors (Lipinski definition) is 1. The summed E-state index contributed by atoms with van der Waals surface area (Å²) >= 11 is 0. The van der Waals surface area contributed by atoms with E-state index in [0.717, 1.165) is 18.0 Å². The standard InChI is InChI=1S/C11H17FN2O/c1-13-8-14(2)7-9-6-10(12)4-5-11(9)15-3/h4-6,13H,7-8H2,1-3H3. The second-order valence-corrected chi connectivity index (χ2v) is 3.48. The first-order valence-electron chi connectivity index (χ1n) is 4.83. The molecule has 1 aromatic rings. The van der Waals surface area contributed by atoms with E-state index in [9.17, 15) is 4.39 Å². The Morgan fingerprint density at radius 1 is 1.47 bits per heavy atom. The molecule has 0 radical (unpaired) electrons. The van der Waals surface area contributed by atoms with Crippen molar-refractivity contribution in [2.75, 3.05) is 27.9 Å². The topological polar surface area (TPSA) is 24.5 Å². The average molecular weight is 212 g/mol. The van der Waals surface area contributed by atoms with Gasteiger partial charge in [-0.05, 0) is 32.3 Å². The fraction of sp³-hybridized carbons (Fsp3) is 0.455. The Labute approximate surface area is 89.8 Å². The van der Waals surface area contributed by atoms with Crippen molar-refractivity contribution >= 4 is 0 Å². The Balaban J connectivity index is 2.77. The highest BCUT2D eigenvalue weighted by molar-refractivity contribution is 5.33. The van der Waals surface area contributed by atoms with Crippen molar-refractivity contribution in [3.8, 4) is 5.75 Å². The van der Waals surface area contributed by atoms with Crippen LogP contribution in [-0.2, 0) is 6.54 Å². The molecule has 0 aromatic heterocycles. The molecule has 0 amide bonds. The molecular formula is C11H17FN2O. The Morgan fingerprint density at radius 2 is 2.20 bits per heavy atom. The molecular weight excluding hydrogens is 195 g/mol. The molecule has 15 heavy (non-hydrogen) atoms. The van der Waals surface area contributed by atoms with Crippen LogP contribution in [0.1, 0.15) is 5.56 Å². The van der Waals surface area contributed by atoms with Gasteiger partial charge in [0.15, 0.2) is 0 Å². The van der Waals surface area contributed by atoms with Crippen LogP contribution in [0.3, 0.4) is 0 Å². The van der Waals surface area contributed by atoms with E-state index < -0.39 is 0 Å². The first-order chi connectivity index (χ1) is 7.17. The zero-order valence-electron chi connectivity index (χ0n) is 9.38. The molecule has 0 aliphatic heterocycles. The summed E-state index contributed by atoms with van der Waals surface area (Å²) in [6.45, 7) is 1.40. The Morgan fingerprint density at radius 3 is 2.80 bits per heavy atom. The lowest BCUT2D eigenvalue weighted by Crippen LogP contribution is -2.28. The molecule has 1 rings (SSSR count). The summed E-state index contributed by atoms with van der Waals surface area (Å²) in [4.78, 5) is 2.04. The molecule has 1 aromatic carbocycles. The third-order valence-electron chi connectivity index (χ3n) is 2.11. The molecule has 0 aliphatic rings. The van der Waals surface area contributed by atoms with E-state index in [-0.39, 0.29) is 5.82 Å². The van der Waals surface area contributed by atoms with Crippen LogP contribution in [0.15, 0.2) is 18.2 Å². The van der Waals surface area contributed by atoms with Crippen LogP contribution < -0.4 is 10.1 Å². The molecule has 0 saturated carbocycles. The zero-order chi connectivity index (χ0) is 11.3. The maximum absolute atomic E-state index is 13.0. The molecule has 4 heteroatoms. The predicted octanol–water partition coefficient (Wildman–Crippen LogP) is 1.44. The van der Waals surface area contributed by atoms with Gasteiger partial charge in [0.05, 0.1) is 7.11 Å². The van der Waals surface area contributed by atoms with Crippen molar-refractivity contribution in [2.24, 2.45) is 0 Å². The molecule has 0 atom stereocenters. The maximum Gasteiger partial charge on any atom is 0.123 e. The second-order valence-electron chi connectivity index (χ2n) is 3.48. The zero-order valence-corrected chi connectivity index (χ0v) is 9.38. The first-order valence-corrected chi connectivity index (χ1v) is 4.83. The minimum absolute atomic E-state index is 0.233. The van der Waals surface area contributed by atoms with Crippen LogP contribution in [0.2, 0.25) is 0 Å². The fourth-order valence-electron chi connectivity index (χ4n) is 1.49. The highest BCUT2D eigenvalue weighted by Gasteiger charge is 2.06. The van der Waals surface area contributed by atoms with Crippen LogP contribution in [0.5, 0.6) is 5.75 Å². The van der Waals surface area contributed by atoms with Gasteiger partial charge in [-0.3, -0.25) is 4.90 Å². The minimum atomic E-state index is -0.233. The lowest BCUT2D eigenvalue weighted by atomic mass is 10.2. The minimum Gasteiger partial charge on any atom is -0.496 e. The van der Waals surface area contributed by atoms with Crippen LogP contribution in [0.4, 0.5) is 4.39 Å². The monoisotopic (exact) mass is 212 g/mol. The molecule has 84 valence electrons. The number of nitrogens with one attached hydrogen (secondary N) is 1. The van der Waals surface area contributed by atoms with E-state index in [4.69, 9.17) is 4.74 Å². The molecule has 0 aliphatic carbocycles. The highest BCUT2D eigenvalue weighted by Crippen LogP contribution is 2.20. The van der Waals surface area contributed by atoms with Crippen LogP contribution in [0, 0.1) is 5.82 Å². The lowest BCUT2D eigenvalue weighted by Gasteiger charge is -2.17. The highest BCUT2D eigenvalue weighted by atomic mass is 19.1. The van der Waals surface area contributed by atoms with E-state index in [1.807, 2.05) is 19.0 Å². The van der Waals surface area contributed by atoms with E-state index in [1.165, 1.54) is 12.1 Å². The molecule has 3 nitrogen and oxygen atoms in total. The van der Waals surface area contributed by atoms with Gasteiger partial charge in [0, 0.05) is 18.8 Å². The number of rotatable bonds is 5. The summed E-state index contributed by atoms with van der Waals surface area (Å²) in [6, 6.07) is 4.56. The van der Waals surface area contributed by atoms with Crippen molar-refractivity contribution in [1.29, 1.82) is 0 Å². The van der Waals surface area contributed by atoms with Crippen molar-refractivity contribution in [3.05, 3.63) is 29.6 Å². The van der Waals surface area contributed by atoms with Gasteiger partial charge >= 0.3 is 0 Å². The van der Waals surface area contributed by atoms with Gasteiger partial charge < -0.3 is 10.1 Å². The molecule has 0 bridgehead atoms. The van der Waals surface area contributed by atoms with Crippen LogP contribution >= 0.6 is 0 Å². The van der Waals surface area contributed by atoms with E-state index in [0.29, 0.717) is 6.54 Å². The number of benzene rings is 1. The Hall–Kier alpha value is -1.13. The fourth-order valence-corrected chi connectivity index (χ4v) is 1.49. The Bertz CT molecular complexity index is 317. The normalized spacial score (nSPS) is 10.7. The maximum atomic E-state index is 13.0. The van der Waals surface area contributed by atoms with Crippen molar-refractivity contribution < 1.29 is 9.13 Å². The number of ether oxygens (including phenoxy) is 1. The van der Waals surface area contributed by atoms with Crippen LogP contribution in [-0.4, -0.2) is 32.8 Å². The van der Waals surface area contributed by atoms with E-state index >= 15 is 0 Å². The summed E-state index contributed by atoms with van der Waals surface area (Å²) in [5.74, 6) is 0.489. The van der Waals surface area contributed by atoms with Gasteiger partial charge in [-0.25, -0.2) is 4.39 Å². The summed E-state index contributed by atoms with van der Waals surface area (Å²) in [6.07, 6.45) is 0. The van der Waals surface area contributed by atoms with Gasteiger partial charge in [0.2, 0.25) is 0 Å². The van der Waals surface area contributed by atoms with Crippen molar-refractivity contribution in [1.82, 2.24) is 10.2 Å². The predicted molar refractivity (Wildman–Crippen MR) is 58.3 cm³/mol. The quantitative estimate of drug-likeness (QED) is 0.747. The van der Waals surface area contributed by atoms with Gasteiger partial charge in [0.25, 0.3) is 0 Å². The molecule has 0 saturated heterocycles. The number of halogens is 1. The summed E-state index contributed by atoms with van der Waals surface area (Å²) in [5, 5.41) is 3.03. The second kappa shape index (κ2) is 5.68. The summed E-state index contributed by atoms with van der Waals surface area (Å²) in [7, 11) is 5.43. The third kappa shape index (κ3) is 3.49. The van der Waals surface area contributed by atoms with Crippen LogP contribution in [0.25, 0.3) is 0 Å². The Kier molecular flexibility index (Phi) is 4.52. The molecule has 0 fully saturated rings. The van der Waals surface area contributed by atoms with Gasteiger partial charge in [-0.1, -0.05) is 0 Å². The molecule has 0 unspecified atom stereocenters. The first kappa shape index (κ1) is 11.9. The molecule has 1 N–H and O–H groups in total. The number of methoxy groups -OCH3 is 1. The number of nitrogens with zero attached hydrogens (tertiary/aromatic N) is 1. The van der Waals surface area contributed by atoms with E-state index in [1.54, 1.807) is 13.2 Å².